The number of carbonyl (C=O) groups is 2. The minimum atomic E-state index is -0.231. The molecule has 6 nitrogen and oxygen atoms in total. The minimum Gasteiger partial charge on any atom is -0.360 e. The Bertz CT molecular complexity index is 782. The van der Waals surface area contributed by atoms with Crippen molar-refractivity contribution in [2.45, 2.75) is 38.1 Å². The molecule has 2 aliphatic carbocycles. The van der Waals surface area contributed by atoms with E-state index in [1.165, 1.54) is 5.56 Å². The van der Waals surface area contributed by atoms with Gasteiger partial charge in [-0.2, -0.15) is 0 Å². The fourth-order valence-electron chi connectivity index (χ4n) is 3.29. The second kappa shape index (κ2) is 6.35. The van der Waals surface area contributed by atoms with Gasteiger partial charge in [0.15, 0.2) is 5.82 Å². The van der Waals surface area contributed by atoms with Crippen LogP contribution in [0.4, 0.5) is 5.82 Å². The van der Waals surface area contributed by atoms with Gasteiger partial charge >= 0.3 is 0 Å². The molecule has 2 aliphatic rings. The van der Waals surface area contributed by atoms with Gasteiger partial charge in [0.05, 0.1) is 0 Å². The maximum Gasteiger partial charge on any atom is 0.245 e. The topological polar surface area (TPSA) is 75.4 Å². The van der Waals surface area contributed by atoms with Crippen LogP contribution in [0, 0.1) is 12.8 Å². The molecular formula is C19H21N3O3. The molecule has 25 heavy (non-hydrogen) atoms. The average molecular weight is 339 g/mol. The third kappa shape index (κ3) is 3.57. The highest BCUT2D eigenvalue weighted by atomic mass is 16.5. The number of hydrogen-bond acceptors (Lipinski definition) is 4. The molecule has 130 valence electrons. The Morgan fingerprint density at radius 3 is 2.68 bits per heavy atom. The van der Waals surface area contributed by atoms with Crippen LogP contribution in [-0.4, -0.2) is 34.5 Å². The predicted molar refractivity (Wildman–Crippen MR) is 91.9 cm³/mol. The van der Waals surface area contributed by atoms with E-state index in [1.807, 2.05) is 18.2 Å². The Balaban J connectivity index is 1.38. The number of benzene rings is 1. The zero-order valence-corrected chi connectivity index (χ0v) is 14.1. The number of hydrogen-bond donors (Lipinski definition) is 1. The average Bonchev–Trinajstić information content (AvgIpc) is 3.52. The Hall–Kier alpha value is -2.63. The number of nitrogens with one attached hydrogen (secondary N) is 1. The Morgan fingerprint density at radius 2 is 2.04 bits per heavy atom. The predicted octanol–water partition coefficient (Wildman–Crippen LogP) is 2.72. The lowest BCUT2D eigenvalue weighted by molar-refractivity contribution is -0.136. The van der Waals surface area contributed by atoms with Gasteiger partial charge < -0.3 is 14.7 Å². The first-order chi connectivity index (χ1) is 12.1. The Labute approximate surface area is 146 Å². The molecule has 2 saturated carbocycles. The molecule has 6 heteroatoms. The first-order valence-electron chi connectivity index (χ1n) is 8.70. The molecule has 2 unspecified atom stereocenters. The summed E-state index contributed by atoms with van der Waals surface area (Å²) < 4.78 is 4.94. The van der Waals surface area contributed by atoms with E-state index in [4.69, 9.17) is 4.52 Å². The fourth-order valence-corrected chi connectivity index (χ4v) is 3.29. The third-order valence-corrected chi connectivity index (χ3v) is 4.82. The minimum absolute atomic E-state index is 0.00472. The first kappa shape index (κ1) is 15.9. The maximum absolute atomic E-state index is 12.9. The molecule has 0 aliphatic heterocycles. The molecular weight excluding hydrogens is 318 g/mol. The number of nitrogens with zero attached hydrogens (tertiary/aromatic N) is 2. The smallest absolute Gasteiger partial charge is 0.245 e. The van der Waals surface area contributed by atoms with Crippen molar-refractivity contribution in [2.75, 3.05) is 11.9 Å². The molecule has 0 saturated heterocycles. The molecule has 0 bridgehead atoms. The summed E-state index contributed by atoms with van der Waals surface area (Å²) in [4.78, 5) is 26.9. The molecule has 1 aromatic carbocycles. The van der Waals surface area contributed by atoms with E-state index < -0.39 is 0 Å². The number of aromatic nitrogens is 1. The van der Waals surface area contributed by atoms with Gasteiger partial charge in [-0.15, -0.1) is 0 Å². The Morgan fingerprint density at radius 1 is 1.28 bits per heavy atom. The molecule has 2 aromatic rings. The van der Waals surface area contributed by atoms with Crippen molar-refractivity contribution >= 4 is 17.6 Å². The SMILES string of the molecule is Cc1cc(NC(=O)CN(C(=O)C2CC2c2ccccc2)C2CC2)no1. The summed E-state index contributed by atoms with van der Waals surface area (Å²) in [7, 11) is 0. The van der Waals surface area contributed by atoms with Crippen LogP contribution in [0.25, 0.3) is 0 Å². The standard InChI is InChI=1S/C19H21N3O3/c1-12-9-17(21-25-12)20-18(23)11-22(14-7-8-14)19(24)16-10-15(16)13-5-3-2-4-6-13/h2-6,9,14-16H,7-8,10-11H2,1H3,(H,20,21,23). The van der Waals surface area contributed by atoms with Crippen LogP contribution in [0.5, 0.6) is 0 Å². The molecule has 2 atom stereocenters. The van der Waals surface area contributed by atoms with E-state index in [0.29, 0.717) is 11.6 Å². The second-order valence-corrected chi connectivity index (χ2v) is 6.93. The van der Waals surface area contributed by atoms with E-state index in [-0.39, 0.29) is 36.2 Å². The Kier molecular flexibility index (Phi) is 4.03. The van der Waals surface area contributed by atoms with Crippen molar-refractivity contribution in [1.82, 2.24) is 10.1 Å². The molecule has 2 amide bonds. The monoisotopic (exact) mass is 339 g/mol. The summed E-state index contributed by atoms with van der Waals surface area (Å²) in [6.45, 7) is 1.84. The van der Waals surface area contributed by atoms with Crippen LogP contribution in [0.1, 0.15) is 36.5 Å². The molecule has 1 heterocycles. The van der Waals surface area contributed by atoms with E-state index in [9.17, 15) is 9.59 Å². The highest BCUT2D eigenvalue weighted by Crippen LogP contribution is 2.49. The van der Waals surface area contributed by atoms with Crippen molar-refractivity contribution in [3.63, 3.8) is 0 Å². The van der Waals surface area contributed by atoms with Crippen LogP contribution in [0.2, 0.25) is 0 Å². The van der Waals surface area contributed by atoms with Crippen molar-refractivity contribution in [3.05, 3.63) is 47.7 Å². The van der Waals surface area contributed by atoms with Gasteiger partial charge in [0.2, 0.25) is 11.8 Å². The van der Waals surface area contributed by atoms with Crippen LogP contribution in [0.15, 0.2) is 40.9 Å². The van der Waals surface area contributed by atoms with Gasteiger partial charge in [0, 0.05) is 18.0 Å². The number of aryl methyl sites for hydroxylation is 1. The number of amides is 2. The van der Waals surface area contributed by atoms with E-state index in [2.05, 4.69) is 22.6 Å². The lowest BCUT2D eigenvalue weighted by atomic mass is 10.1. The first-order valence-corrected chi connectivity index (χ1v) is 8.70. The molecule has 0 radical (unpaired) electrons. The van der Waals surface area contributed by atoms with Gasteiger partial charge in [-0.3, -0.25) is 9.59 Å². The zero-order valence-electron chi connectivity index (χ0n) is 14.1. The van der Waals surface area contributed by atoms with Crippen molar-refractivity contribution < 1.29 is 14.1 Å². The van der Waals surface area contributed by atoms with Crippen molar-refractivity contribution in [3.8, 4) is 0 Å². The van der Waals surface area contributed by atoms with Gasteiger partial charge in [0.25, 0.3) is 0 Å². The van der Waals surface area contributed by atoms with Crippen LogP contribution >= 0.6 is 0 Å². The summed E-state index contributed by atoms with van der Waals surface area (Å²) in [5, 5.41) is 6.45. The normalized spacial score (nSPS) is 21.6. The van der Waals surface area contributed by atoms with Crippen LogP contribution in [0.3, 0.4) is 0 Å². The van der Waals surface area contributed by atoms with Gasteiger partial charge in [0.1, 0.15) is 12.3 Å². The quantitative estimate of drug-likeness (QED) is 0.878. The maximum atomic E-state index is 12.9. The van der Waals surface area contributed by atoms with E-state index in [0.717, 1.165) is 19.3 Å². The summed E-state index contributed by atoms with van der Waals surface area (Å²) in [5.74, 6) is 1.18. The number of rotatable bonds is 6. The van der Waals surface area contributed by atoms with Gasteiger partial charge in [-0.05, 0) is 37.7 Å². The summed E-state index contributed by atoms with van der Waals surface area (Å²) >= 11 is 0. The number of anilines is 1. The zero-order chi connectivity index (χ0) is 17.4. The van der Waals surface area contributed by atoms with Crippen LogP contribution in [-0.2, 0) is 9.59 Å². The van der Waals surface area contributed by atoms with Crippen molar-refractivity contribution in [1.29, 1.82) is 0 Å². The summed E-state index contributed by atoms with van der Waals surface area (Å²) in [6, 6.07) is 12.0. The molecule has 2 fully saturated rings. The lowest BCUT2D eigenvalue weighted by Crippen LogP contribution is -2.40. The highest BCUT2D eigenvalue weighted by molar-refractivity contribution is 5.95. The second-order valence-electron chi connectivity index (χ2n) is 6.93. The van der Waals surface area contributed by atoms with E-state index in [1.54, 1.807) is 17.9 Å². The van der Waals surface area contributed by atoms with Gasteiger partial charge in [-0.25, -0.2) is 0 Å². The van der Waals surface area contributed by atoms with Crippen molar-refractivity contribution in [2.24, 2.45) is 5.92 Å². The number of carbonyl (C=O) groups excluding carboxylic acids is 2. The summed E-state index contributed by atoms with van der Waals surface area (Å²) in [5.41, 5.74) is 1.21. The molecule has 4 rings (SSSR count). The van der Waals surface area contributed by atoms with Crippen LogP contribution < -0.4 is 5.32 Å². The molecule has 0 spiro atoms. The molecule has 1 N–H and O–H groups in total. The largest absolute Gasteiger partial charge is 0.360 e. The van der Waals surface area contributed by atoms with Gasteiger partial charge in [-0.1, -0.05) is 35.5 Å². The molecule has 1 aromatic heterocycles. The van der Waals surface area contributed by atoms with E-state index >= 15 is 0 Å². The fraction of sp³-hybridized carbons (Fsp3) is 0.421. The highest BCUT2D eigenvalue weighted by Gasteiger charge is 2.48. The third-order valence-electron chi connectivity index (χ3n) is 4.82. The summed E-state index contributed by atoms with van der Waals surface area (Å²) in [6.07, 6.45) is 2.83. The lowest BCUT2D eigenvalue weighted by Gasteiger charge is -2.22.